The van der Waals surface area contributed by atoms with Crippen LogP contribution < -0.4 is 51.7 Å². The van der Waals surface area contributed by atoms with Crippen molar-refractivity contribution in [1.82, 2.24) is 19.9 Å². The Bertz CT molecular complexity index is 7450. The van der Waals surface area contributed by atoms with Crippen LogP contribution in [0.15, 0.2) is 244 Å². The molecule has 0 bridgehead atoms. The lowest BCUT2D eigenvalue weighted by Crippen LogP contribution is -2.18. The summed E-state index contributed by atoms with van der Waals surface area (Å²) in [5.41, 5.74) is 18.4. The number of non-ortho nitro benzene ring substituents is 1. The van der Waals surface area contributed by atoms with Gasteiger partial charge in [-0.05, 0) is 171 Å². The monoisotopic (exact) mass is 2000 g/mol. The molecule has 138 heavy (non-hydrogen) atoms. The normalized spacial score (nSPS) is 10.9. The number of esters is 3. The molecule has 42 heteroatoms. The van der Waals surface area contributed by atoms with Gasteiger partial charge in [0.15, 0.2) is 11.5 Å². The zero-order valence-corrected chi connectivity index (χ0v) is 81.6. The summed E-state index contributed by atoms with van der Waals surface area (Å²) in [4.78, 5) is 134. The van der Waals surface area contributed by atoms with Gasteiger partial charge < -0.3 is 66.6 Å². The van der Waals surface area contributed by atoms with Crippen LogP contribution in [0.1, 0.15) is 142 Å². The van der Waals surface area contributed by atoms with E-state index in [9.17, 15) is 70.1 Å². The maximum absolute atomic E-state index is 13.4. The summed E-state index contributed by atoms with van der Waals surface area (Å²) < 4.78 is 79.9. The molecule has 0 aliphatic heterocycles. The number of ether oxygens (including phenoxy) is 5. The van der Waals surface area contributed by atoms with Crippen molar-refractivity contribution in [1.29, 1.82) is 0 Å². The Kier molecular flexibility index (Phi) is 35.1. The average Bonchev–Trinajstić information content (AvgIpc) is 1.51. The number of rotatable bonds is 20. The Morgan fingerprint density at radius 3 is 1.03 bits per heavy atom. The van der Waals surface area contributed by atoms with Crippen LogP contribution in [0.4, 0.5) is 51.2 Å². The number of nitrogen functional groups attached to an aromatic ring is 2. The number of benzene rings is 7. The van der Waals surface area contributed by atoms with Gasteiger partial charge in [-0.1, -0.05) is 102 Å². The first kappa shape index (κ1) is 104. The molecular formula is C96H91N13O22S7. The Balaban J connectivity index is 0.000000173. The molecule has 714 valence electrons. The predicted molar refractivity (Wildman–Crippen MR) is 542 cm³/mol. The number of hydrogen-bond donors (Lipinski definition) is 10. The molecule has 7 aromatic carbocycles. The molecule has 0 unspecified atom stereocenters. The van der Waals surface area contributed by atoms with Crippen molar-refractivity contribution < 1.29 is 98.8 Å². The number of pyridine rings is 4. The molecule has 0 atom stereocenters. The Morgan fingerprint density at radius 2 is 0.681 bits per heavy atom. The summed E-state index contributed by atoms with van der Waals surface area (Å²) in [5.74, 6) is -3.77. The van der Waals surface area contributed by atoms with Crippen LogP contribution in [0.25, 0.3) is 50.4 Å². The van der Waals surface area contributed by atoms with Gasteiger partial charge in [-0.2, -0.15) is 0 Å². The van der Waals surface area contributed by atoms with E-state index in [1.807, 2.05) is 84.0 Å². The van der Waals surface area contributed by atoms with Crippen molar-refractivity contribution >= 4 is 232 Å². The number of nitrogens with two attached hydrogens (primary N) is 2. The van der Waals surface area contributed by atoms with Crippen molar-refractivity contribution in [2.24, 2.45) is 0 Å². The Labute approximate surface area is 810 Å². The minimum Gasteiger partial charge on any atom is -0.492 e. The molecule has 0 aliphatic carbocycles. The van der Waals surface area contributed by atoms with E-state index in [1.54, 1.807) is 158 Å². The maximum atomic E-state index is 13.4. The number of amides is 4. The number of thiophene rings is 5. The lowest BCUT2D eigenvalue weighted by molar-refractivity contribution is -0.382. The van der Waals surface area contributed by atoms with Crippen molar-refractivity contribution in [3.05, 3.63) is 312 Å². The number of nitrogens with one attached hydrogen (secondary N) is 6. The van der Waals surface area contributed by atoms with E-state index in [1.165, 1.54) is 113 Å². The highest BCUT2D eigenvalue weighted by molar-refractivity contribution is 7.92. The second-order valence-electron chi connectivity index (χ2n) is 31.3. The van der Waals surface area contributed by atoms with E-state index in [4.69, 9.17) is 35.9 Å². The molecule has 9 heterocycles. The van der Waals surface area contributed by atoms with Crippen LogP contribution in [0, 0.1) is 10.1 Å². The molecule has 16 rings (SSSR count). The zero-order valence-electron chi connectivity index (χ0n) is 75.9. The van der Waals surface area contributed by atoms with E-state index in [2.05, 4.69) is 60.1 Å². The summed E-state index contributed by atoms with van der Waals surface area (Å²) in [6.07, 6.45) is 14.2. The van der Waals surface area contributed by atoms with Gasteiger partial charge in [0.25, 0.3) is 29.3 Å². The fraction of sp³-hybridized carbons (Fsp3) is 0.156. The molecular weight excluding hydrogens is 1910 g/mol. The summed E-state index contributed by atoms with van der Waals surface area (Å²) in [5, 5.41) is 43.7. The number of nitro groups is 1. The average molecular weight is 2000 g/mol. The first-order valence-corrected chi connectivity index (χ1v) is 48.5. The lowest BCUT2D eigenvalue weighted by atomic mass is 9.86. The third-order valence-corrected chi connectivity index (χ3v) is 26.2. The van der Waals surface area contributed by atoms with Crippen LogP contribution >= 0.6 is 56.7 Å². The first-order valence-electron chi connectivity index (χ1n) is 40.7. The number of anilines is 8. The number of carbonyl (C=O) groups excluding carboxylic acids is 7. The van der Waals surface area contributed by atoms with Gasteiger partial charge >= 0.3 is 29.8 Å². The van der Waals surface area contributed by atoms with Gasteiger partial charge in [0.05, 0.1) is 139 Å². The smallest absolute Gasteiger partial charge is 0.348 e. The predicted octanol–water partition coefficient (Wildman–Crippen LogP) is 19.7. The molecule has 0 saturated carbocycles. The van der Waals surface area contributed by atoms with E-state index in [0.29, 0.717) is 91.8 Å². The minimum absolute atomic E-state index is 0.0117. The van der Waals surface area contributed by atoms with Gasteiger partial charge in [-0.25, -0.2) is 40.8 Å². The van der Waals surface area contributed by atoms with Crippen LogP contribution in [0.5, 0.6) is 11.5 Å². The number of carboxylic acid groups (broad SMARTS) is 2. The Morgan fingerprint density at radius 1 is 0.362 bits per heavy atom. The lowest BCUT2D eigenvalue weighted by Gasteiger charge is -2.23. The van der Waals surface area contributed by atoms with Crippen molar-refractivity contribution in [3.63, 3.8) is 0 Å². The number of hydrogen-bond acceptors (Lipinski definition) is 31. The molecule has 0 fully saturated rings. The number of nitrogens with zero attached hydrogens (tertiary/aromatic N) is 5. The maximum Gasteiger partial charge on any atom is 0.348 e. The molecule has 0 aliphatic rings. The third kappa shape index (κ3) is 28.2. The fourth-order valence-corrected chi connectivity index (χ4v) is 18.8. The number of methoxy groups -OCH3 is 5. The quantitative estimate of drug-likeness (QED) is 0.0111. The number of aromatic nitrogens is 4. The first-order chi connectivity index (χ1) is 65.4. The largest absolute Gasteiger partial charge is 0.492 e. The van der Waals surface area contributed by atoms with Gasteiger partial charge in [-0.3, -0.25) is 58.7 Å². The number of carbonyl (C=O) groups is 9. The molecule has 0 saturated heterocycles. The Hall–Kier alpha value is -15.7. The highest BCUT2D eigenvalue weighted by atomic mass is 32.2. The van der Waals surface area contributed by atoms with Crippen LogP contribution in [-0.2, 0) is 45.1 Å². The van der Waals surface area contributed by atoms with Gasteiger partial charge in [0, 0.05) is 66.7 Å². The molecule has 12 N–H and O–H groups in total. The van der Waals surface area contributed by atoms with Crippen molar-refractivity contribution in [3.8, 4) is 11.5 Å². The topological polar surface area (TPSA) is 527 Å². The molecule has 9 aromatic heterocycles. The standard InChI is InChI=1S/C27H28N4O5S2.C16H12N2O3S.C15H10N2O3S.C12H20N2O3S.C10H7NO4S.C10H9NO2S.C6H5NO2/c1-27(2,3)18-13-20(23(36-4)21(14-18)31-38(5,34)35)30-26(33)22-12-16-8-6-10-19(24(16)37-22)29-25(32)17-9-7-11-28-15-17;1-21-16(20)13-8-10-4-2-6-12(14(10)22-13)18-15(19)11-5-3-7-17-9-11;18-14(10-4-2-6-16-8-10)17-11-5-1-3-9-7-12(15(19)20)21-13(9)11;1-12(2,3)8-6-9(13)11(17-4)10(7-8)14-18(5,15)16;1-15-10(12)8-5-6-3-2-4-7(11(13)14)9(6)16-8;1-13-10(12)8-5-6-3-2-4-7(11)9(6)14-8;8-6(9)5-2-1-3-7-4-5/h6-15,31H,1-5H3,(H,29,32)(H,30,33);2-9H,1H3,(H,18,19);1-8H,(H,17,18)(H,19,20);6-7,14H,13H2,1-5H3;2-5H,1H3;2-5H,11H2,1H3;1-4H,(H,8,9). The molecule has 0 radical (unpaired) electrons. The molecule has 4 amide bonds. The fourth-order valence-electron chi connectivity index (χ4n) is 12.6. The number of aromatic carboxylic acids is 2. The summed E-state index contributed by atoms with van der Waals surface area (Å²) >= 11 is 6.09. The van der Waals surface area contributed by atoms with E-state index in [0.717, 1.165) is 86.7 Å². The number of carboxylic acids is 2. The minimum atomic E-state index is -3.60. The van der Waals surface area contributed by atoms with Crippen LogP contribution in [-0.4, -0.2) is 153 Å². The third-order valence-electron chi connectivity index (χ3n) is 19.1. The number of sulfonamides is 2. The van der Waals surface area contributed by atoms with Gasteiger partial charge in [-0.15, -0.1) is 56.7 Å². The van der Waals surface area contributed by atoms with E-state index >= 15 is 0 Å². The van der Waals surface area contributed by atoms with E-state index < -0.39 is 48.8 Å². The van der Waals surface area contributed by atoms with Gasteiger partial charge in [0.1, 0.15) is 24.2 Å². The van der Waals surface area contributed by atoms with Gasteiger partial charge in [0.2, 0.25) is 20.0 Å². The van der Waals surface area contributed by atoms with Crippen LogP contribution in [0.3, 0.4) is 0 Å². The van der Waals surface area contributed by atoms with E-state index in [-0.39, 0.29) is 68.1 Å². The molecule has 16 aromatic rings. The highest BCUT2D eigenvalue weighted by Crippen LogP contribution is 2.43. The van der Waals surface area contributed by atoms with Crippen molar-refractivity contribution in [2.45, 2.75) is 52.4 Å². The summed E-state index contributed by atoms with van der Waals surface area (Å²) in [6, 6.07) is 55.3. The second kappa shape index (κ2) is 46.5. The molecule has 0 spiro atoms. The second-order valence-corrected chi connectivity index (χ2v) is 40.1. The zero-order chi connectivity index (χ0) is 101. The summed E-state index contributed by atoms with van der Waals surface area (Å²) in [7, 11) is -0.117. The molecule has 35 nitrogen and oxygen atoms in total. The SMILES string of the molecule is COC(=O)c1cc2cccc(N)c2s1.COC(=O)c1cc2cccc(NC(=O)c3cccnc3)c2s1.COC(=O)c1cc2cccc([N+](=O)[O-])c2s1.COc1c(N)cc(C(C)(C)C)cc1NS(C)(=O)=O.COc1c(NC(=O)c2cc3cccc(NC(=O)c4cccnc4)c3s2)cc(C(C)(C)C)cc1NS(C)(=O)=O.O=C(Nc1cccc2cc(C(=O)O)sc12)c1cccnc1.O=C(O)c1cccnc1. The number of fused-ring (bicyclic) bond motifs is 5. The highest BCUT2D eigenvalue weighted by Gasteiger charge is 2.27. The summed E-state index contributed by atoms with van der Waals surface area (Å²) in [6.45, 7) is 12.0. The van der Waals surface area contributed by atoms with Crippen molar-refractivity contribution in [2.75, 3.05) is 90.2 Å². The van der Waals surface area contributed by atoms with Crippen LogP contribution in [0.2, 0.25) is 0 Å². The number of nitro benzene ring substituents is 1.